The number of carboxylic acid groups (broad SMARTS) is 1. The van der Waals surface area contributed by atoms with E-state index in [-0.39, 0.29) is 10.6 Å². The van der Waals surface area contributed by atoms with E-state index < -0.39 is 28.7 Å². The van der Waals surface area contributed by atoms with Crippen LogP contribution in [-0.2, 0) is 10.2 Å². The number of aliphatic carboxylic acids is 1. The van der Waals surface area contributed by atoms with E-state index in [0.717, 1.165) is 19.3 Å². The smallest absolute Gasteiger partial charge is 0.314 e. The van der Waals surface area contributed by atoms with Crippen LogP contribution in [0.2, 0.25) is 5.02 Å². The number of phenols is 1. The summed E-state index contributed by atoms with van der Waals surface area (Å²) in [5.41, 5.74) is -1.10. The third-order valence-electron chi connectivity index (χ3n) is 3.99. The molecule has 0 unspecified atom stereocenters. The Hall–Kier alpha value is -1.49. The second kappa shape index (κ2) is 5.48. The zero-order valence-electron chi connectivity index (χ0n) is 11.1. The predicted octanol–water partition coefficient (Wildman–Crippen LogP) is 3.48. The van der Waals surface area contributed by atoms with E-state index >= 15 is 0 Å². The molecule has 1 fully saturated rings. The Morgan fingerprint density at radius 3 is 2.50 bits per heavy atom. The zero-order valence-corrected chi connectivity index (χ0v) is 11.8. The molecule has 1 aliphatic rings. The molecule has 6 heteroatoms. The van der Waals surface area contributed by atoms with Crippen LogP contribution >= 0.6 is 11.6 Å². The van der Waals surface area contributed by atoms with Gasteiger partial charge >= 0.3 is 5.97 Å². The molecule has 0 spiro atoms. The lowest BCUT2D eigenvalue weighted by molar-refractivity contribution is -0.145. The SMILES string of the molecule is COc1c(O)c(C2(C(=O)O)CCCCC2)cc(Cl)c1F. The summed E-state index contributed by atoms with van der Waals surface area (Å²) >= 11 is 5.80. The number of rotatable bonds is 3. The molecule has 0 aliphatic heterocycles. The van der Waals surface area contributed by atoms with Crippen molar-refractivity contribution >= 4 is 17.6 Å². The molecule has 4 nitrogen and oxygen atoms in total. The number of ether oxygens (including phenoxy) is 1. The molecule has 2 N–H and O–H groups in total. The van der Waals surface area contributed by atoms with E-state index in [1.807, 2.05) is 0 Å². The fourth-order valence-electron chi connectivity index (χ4n) is 2.90. The van der Waals surface area contributed by atoms with Crippen LogP contribution in [0.15, 0.2) is 6.07 Å². The molecule has 0 atom stereocenters. The van der Waals surface area contributed by atoms with E-state index in [1.165, 1.54) is 13.2 Å². The minimum atomic E-state index is -1.23. The van der Waals surface area contributed by atoms with Crippen LogP contribution in [0.1, 0.15) is 37.7 Å². The molecule has 0 radical (unpaired) electrons. The molecule has 0 bridgehead atoms. The second-order valence-electron chi connectivity index (χ2n) is 5.05. The molecule has 20 heavy (non-hydrogen) atoms. The highest BCUT2D eigenvalue weighted by molar-refractivity contribution is 6.31. The van der Waals surface area contributed by atoms with Gasteiger partial charge in [0.25, 0.3) is 0 Å². The number of aromatic hydroxyl groups is 1. The summed E-state index contributed by atoms with van der Waals surface area (Å²) in [7, 11) is 1.20. The Labute approximate surface area is 121 Å². The fraction of sp³-hybridized carbons (Fsp3) is 0.500. The summed E-state index contributed by atoms with van der Waals surface area (Å²) in [5, 5.41) is 19.5. The van der Waals surface area contributed by atoms with Gasteiger partial charge < -0.3 is 14.9 Å². The van der Waals surface area contributed by atoms with Gasteiger partial charge in [-0.2, -0.15) is 0 Å². The first-order chi connectivity index (χ1) is 9.44. The van der Waals surface area contributed by atoms with Gasteiger partial charge in [0.1, 0.15) is 0 Å². The van der Waals surface area contributed by atoms with Crippen LogP contribution in [0.5, 0.6) is 11.5 Å². The zero-order chi connectivity index (χ0) is 14.9. The molecule has 0 amide bonds. The van der Waals surface area contributed by atoms with Crippen molar-refractivity contribution in [3.05, 3.63) is 22.5 Å². The van der Waals surface area contributed by atoms with E-state index in [0.29, 0.717) is 12.8 Å². The van der Waals surface area contributed by atoms with Crippen molar-refractivity contribution in [1.29, 1.82) is 0 Å². The van der Waals surface area contributed by atoms with Crippen molar-refractivity contribution in [2.24, 2.45) is 0 Å². The monoisotopic (exact) mass is 302 g/mol. The Morgan fingerprint density at radius 1 is 1.40 bits per heavy atom. The summed E-state index contributed by atoms with van der Waals surface area (Å²) in [4.78, 5) is 11.7. The maximum atomic E-state index is 13.8. The quantitative estimate of drug-likeness (QED) is 0.897. The Kier molecular flexibility index (Phi) is 4.09. The lowest BCUT2D eigenvalue weighted by Gasteiger charge is -2.34. The number of carbonyl (C=O) groups is 1. The summed E-state index contributed by atoms with van der Waals surface area (Å²) in [6, 6.07) is 1.20. The van der Waals surface area contributed by atoms with Gasteiger partial charge in [0, 0.05) is 5.56 Å². The number of carboxylic acids is 1. The van der Waals surface area contributed by atoms with Crippen molar-refractivity contribution in [3.63, 3.8) is 0 Å². The summed E-state index contributed by atoms with van der Waals surface area (Å²) in [5.74, 6) is -2.79. The van der Waals surface area contributed by atoms with E-state index in [2.05, 4.69) is 0 Å². The molecule has 0 aromatic heterocycles. The third-order valence-corrected chi connectivity index (χ3v) is 4.26. The normalized spacial score (nSPS) is 17.8. The number of benzene rings is 1. The highest BCUT2D eigenvalue weighted by Crippen LogP contribution is 2.48. The van der Waals surface area contributed by atoms with Gasteiger partial charge in [-0.05, 0) is 18.9 Å². The average molecular weight is 303 g/mol. The largest absolute Gasteiger partial charge is 0.504 e. The molecule has 1 aliphatic carbocycles. The fourth-order valence-corrected chi connectivity index (χ4v) is 3.09. The van der Waals surface area contributed by atoms with Gasteiger partial charge in [0.2, 0.25) is 0 Å². The summed E-state index contributed by atoms with van der Waals surface area (Å²) < 4.78 is 18.6. The topological polar surface area (TPSA) is 66.8 Å². The van der Waals surface area contributed by atoms with Crippen molar-refractivity contribution < 1.29 is 24.1 Å². The first-order valence-electron chi connectivity index (χ1n) is 6.43. The van der Waals surface area contributed by atoms with Crippen molar-refractivity contribution in [3.8, 4) is 11.5 Å². The van der Waals surface area contributed by atoms with Crippen LogP contribution in [0.3, 0.4) is 0 Å². The maximum absolute atomic E-state index is 13.8. The number of phenolic OH excluding ortho intramolecular Hbond substituents is 1. The molecular formula is C14H16ClFO4. The van der Waals surface area contributed by atoms with Crippen LogP contribution in [0.25, 0.3) is 0 Å². The highest BCUT2D eigenvalue weighted by atomic mass is 35.5. The van der Waals surface area contributed by atoms with Crippen LogP contribution < -0.4 is 4.74 Å². The number of hydrogen-bond acceptors (Lipinski definition) is 3. The second-order valence-corrected chi connectivity index (χ2v) is 5.46. The van der Waals surface area contributed by atoms with Crippen molar-refractivity contribution in [1.82, 2.24) is 0 Å². The first kappa shape index (κ1) is 14.9. The number of methoxy groups -OCH3 is 1. The van der Waals surface area contributed by atoms with E-state index in [1.54, 1.807) is 0 Å². The van der Waals surface area contributed by atoms with Gasteiger partial charge in [0.15, 0.2) is 17.3 Å². The maximum Gasteiger partial charge on any atom is 0.314 e. The molecule has 1 aromatic carbocycles. The molecule has 0 saturated heterocycles. The van der Waals surface area contributed by atoms with Gasteiger partial charge in [-0.25, -0.2) is 4.39 Å². The molecule has 1 saturated carbocycles. The number of hydrogen-bond donors (Lipinski definition) is 2. The molecule has 1 aromatic rings. The van der Waals surface area contributed by atoms with Crippen molar-refractivity contribution in [2.45, 2.75) is 37.5 Å². The lowest BCUT2D eigenvalue weighted by Crippen LogP contribution is -2.38. The van der Waals surface area contributed by atoms with Gasteiger partial charge in [0.05, 0.1) is 17.5 Å². The first-order valence-corrected chi connectivity index (χ1v) is 6.80. The number of halogens is 2. The minimum Gasteiger partial charge on any atom is -0.504 e. The third kappa shape index (κ3) is 2.20. The van der Waals surface area contributed by atoms with Gasteiger partial charge in [-0.3, -0.25) is 4.79 Å². The Morgan fingerprint density at radius 2 is 2.00 bits per heavy atom. The standard InChI is InChI=1S/C14H16ClFO4/c1-20-12-10(16)9(15)7-8(11(12)17)14(13(18)19)5-3-2-4-6-14/h7,17H,2-6H2,1H3,(H,18,19). The van der Waals surface area contributed by atoms with Gasteiger partial charge in [-0.1, -0.05) is 30.9 Å². The molecular weight excluding hydrogens is 287 g/mol. The minimum absolute atomic E-state index is 0.132. The van der Waals surface area contributed by atoms with E-state index in [4.69, 9.17) is 16.3 Å². The van der Waals surface area contributed by atoms with Crippen molar-refractivity contribution in [2.75, 3.05) is 7.11 Å². The Bertz CT molecular complexity index is 538. The molecule has 2 rings (SSSR count). The molecule has 110 valence electrons. The van der Waals surface area contributed by atoms with Gasteiger partial charge in [-0.15, -0.1) is 0 Å². The highest BCUT2D eigenvalue weighted by Gasteiger charge is 2.44. The van der Waals surface area contributed by atoms with Crippen LogP contribution in [-0.4, -0.2) is 23.3 Å². The Balaban J connectivity index is 2.66. The average Bonchev–Trinajstić information content (AvgIpc) is 2.44. The van der Waals surface area contributed by atoms with Crippen LogP contribution in [0.4, 0.5) is 4.39 Å². The van der Waals surface area contributed by atoms with Crippen LogP contribution in [0, 0.1) is 5.82 Å². The summed E-state index contributed by atoms with van der Waals surface area (Å²) in [6.45, 7) is 0. The summed E-state index contributed by atoms with van der Waals surface area (Å²) in [6.07, 6.45) is 3.20. The predicted molar refractivity (Wildman–Crippen MR) is 72.0 cm³/mol. The molecule has 0 heterocycles. The lowest BCUT2D eigenvalue weighted by atomic mass is 9.69. The van der Waals surface area contributed by atoms with E-state index in [9.17, 15) is 19.4 Å².